The van der Waals surface area contributed by atoms with Crippen molar-refractivity contribution in [3.63, 3.8) is 0 Å². The van der Waals surface area contributed by atoms with E-state index in [1.807, 2.05) is 0 Å². The lowest BCUT2D eigenvalue weighted by Crippen LogP contribution is -2.47. The number of carbonyl (C=O) groups excluding carboxylic acids is 3. The average Bonchev–Trinajstić information content (AvgIpc) is 3.36. The second-order valence-electron chi connectivity index (χ2n) is 7.87. The van der Waals surface area contributed by atoms with E-state index in [1.165, 1.54) is 22.7 Å². The van der Waals surface area contributed by atoms with Gasteiger partial charge in [-0.2, -0.15) is 0 Å². The number of anilines is 1. The Morgan fingerprint density at radius 2 is 1.81 bits per heavy atom. The fourth-order valence-electron chi connectivity index (χ4n) is 3.93. The maximum absolute atomic E-state index is 13.1. The molecule has 0 unspecified atom stereocenters. The standard InChI is InChI=1S/C23H27N3O5S/c27-21(25-16-5-2-1-3-6-16)15-26(17-8-9-18-19(13-17)31-11-10-30-18)22(28)14-24-23(29)20-7-4-12-32-20/h4,7-9,12-13,16H,1-3,5-6,10-11,14-15H2,(H,24,29)(H,25,27). The van der Waals surface area contributed by atoms with Gasteiger partial charge in [0.15, 0.2) is 11.5 Å². The van der Waals surface area contributed by atoms with E-state index in [-0.39, 0.29) is 36.9 Å². The predicted molar refractivity (Wildman–Crippen MR) is 121 cm³/mol. The molecule has 0 bridgehead atoms. The summed E-state index contributed by atoms with van der Waals surface area (Å²) < 4.78 is 11.2. The van der Waals surface area contributed by atoms with E-state index >= 15 is 0 Å². The highest BCUT2D eigenvalue weighted by Crippen LogP contribution is 2.34. The molecule has 0 saturated heterocycles. The Morgan fingerprint density at radius 3 is 2.56 bits per heavy atom. The number of ether oxygens (including phenoxy) is 2. The number of carbonyl (C=O) groups is 3. The molecular weight excluding hydrogens is 430 g/mol. The number of hydrogen-bond acceptors (Lipinski definition) is 6. The van der Waals surface area contributed by atoms with Gasteiger partial charge in [0, 0.05) is 17.8 Å². The van der Waals surface area contributed by atoms with Crippen molar-refractivity contribution < 1.29 is 23.9 Å². The van der Waals surface area contributed by atoms with Gasteiger partial charge >= 0.3 is 0 Å². The normalized spacial score (nSPS) is 15.6. The molecule has 1 fully saturated rings. The number of amides is 3. The zero-order chi connectivity index (χ0) is 22.3. The van der Waals surface area contributed by atoms with Crippen LogP contribution in [0.25, 0.3) is 0 Å². The summed E-state index contributed by atoms with van der Waals surface area (Å²) in [6.45, 7) is 0.530. The monoisotopic (exact) mass is 457 g/mol. The molecule has 32 heavy (non-hydrogen) atoms. The van der Waals surface area contributed by atoms with Crippen molar-refractivity contribution in [2.75, 3.05) is 31.2 Å². The first-order valence-electron chi connectivity index (χ1n) is 10.9. The van der Waals surface area contributed by atoms with Gasteiger partial charge < -0.3 is 25.0 Å². The summed E-state index contributed by atoms with van der Waals surface area (Å²) in [5.41, 5.74) is 0.517. The van der Waals surface area contributed by atoms with E-state index in [2.05, 4.69) is 10.6 Å². The molecule has 9 heteroatoms. The van der Waals surface area contributed by atoms with Crippen LogP contribution in [0.4, 0.5) is 5.69 Å². The number of benzene rings is 1. The van der Waals surface area contributed by atoms with Crippen molar-refractivity contribution in [1.29, 1.82) is 0 Å². The number of nitrogens with one attached hydrogen (secondary N) is 2. The van der Waals surface area contributed by atoms with Crippen LogP contribution in [0.3, 0.4) is 0 Å². The summed E-state index contributed by atoms with van der Waals surface area (Å²) in [6.07, 6.45) is 5.31. The van der Waals surface area contributed by atoms with E-state index in [0.29, 0.717) is 35.3 Å². The average molecular weight is 458 g/mol. The second-order valence-corrected chi connectivity index (χ2v) is 8.82. The minimum absolute atomic E-state index is 0.135. The minimum atomic E-state index is -0.384. The fraction of sp³-hybridized carbons (Fsp3) is 0.435. The first-order chi connectivity index (χ1) is 15.6. The Hall–Kier alpha value is -3.07. The highest BCUT2D eigenvalue weighted by atomic mass is 32.1. The number of thiophene rings is 1. The van der Waals surface area contributed by atoms with Gasteiger partial charge in [-0.15, -0.1) is 11.3 Å². The first kappa shape index (κ1) is 22.1. The van der Waals surface area contributed by atoms with Crippen molar-refractivity contribution in [1.82, 2.24) is 10.6 Å². The highest BCUT2D eigenvalue weighted by molar-refractivity contribution is 7.12. The van der Waals surface area contributed by atoms with Gasteiger partial charge in [-0.1, -0.05) is 25.3 Å². The molecule has 4 rings (SSSR count). The van der Waals surface area contributed by atoms with Gasteiger partial charge in [-0.25, -0.2) is 0 Å². The van der Waals surface area contributed by atoms with E-state index < -0.39 is 0 Å². The molecular formula is C23H27N3O5S. The molecule has 1 aliphatic heterocycles. The number of fused-ring (bicyclic) bond motifs is 1. The van der Waals surface area contributed by atoms with Gasteiger partial charge in [0.1, 0.15) is 19.8 Å². The quantitative estimate of drug-likeness (QED) is 0.666. The summed E-state index contributed by atoms with van der Waals surface area (Å²) in [5, 5.41) is 7.49. The maximum Gasteiger partial charge on any atom is 0.261 e. The SMILES string of the molecule is O=C(CN(C(=O)CNC(=O)c1cccs1)c1ccc2c(c1)OCCO2)NC1CCCCC1. The smallest absolute Gasteiger partial charge is 0.261 e. The molecule has 0 radical (unpaired) electrons. The Balaban J connectivity index is 1.47. The van der Waals surface area contributed by atoms with Gasteiger partial charge in [0.05, 0.1) is 11.4 Å². The largest absolute Gasteiger partial charge is 0.486 e. The Morgan fingerprint density at radius 1 is 1.03 bits per heavy atom. The van der Waals surface area contributed by atoms with Crippen LogP contribution in [0, 0.1) is 0 Å². The maximum atomic E-state index is 13.1. The number of rotatable bonds is 7. The van der Waals surface area contributed by atoms with Crippen LogP contribution in [-0.4, -0.2) is 50.1 Å². The molecule has 8 nitrogen and oxygen atoms in total. The third-order valence-corrected chi connectivity index (χ3v) is 6.42. The fourth-order valence-corrected chi connectivity index (χ4v) is 4.57. The van der Waals surface area contributed by atoms with Crippen LogP contribution in [0.2, 0.25) is 0 Å². The molecule has 2 heterocycles. The number of nitrogens with zero attached hydrogens (tertiary/aromatic N) is 1. The molecule has 2 aromatic rings. The zero-order valence-corrected chi connectivity index (χ0v) is 18.6. The summed E-state index contributed by atoms with van der Waals surface area (Å²) in [6, 6.07) is 8.76. The van der Waals surface area contributed by atoms with E-state index in [4.69, 9.17) is 9.47 Å². The predicted octanol–water partition coefficient (Wildman–Crippen LogP) is 2.73. The van der Waals surface area contributed by atoms with Crippen molar-refractivity contribution in [3.8, 4) is 11.5 Å². The van der Waals surface area contributed by atoms with Crippen LogP contribution in [0.15, 0.2) is 35.7 Å². The molecule has 1 aromatic heterocycles. The van der Waals surface area contributed by atoms with Crippen LogP contribution >= 0.6 is 11.3 Å². The molecule has 2 N–H and O–H groups in total. The first-order valence-corrected chi connectivity index (χ1v) is 11.8. The Labute approximate surface area is 190 Å². The molecule has 0 spiro atoms. The lowest BCUT2D eigenvalue weighted by Gasteiger charge is -2.27. The zero-order valence-electron chi connectivity index (χ0n) is 17.8. The second kappa shape index (κ2) is 10.5. The van der Waals surface area contributed by atoms with E-state index in [0.717, 1.165) is 25.7 Å². The molecule has 2 aliphatic rings. The van der Waals surface area contributed by atoms with Gasteiger partial charge in [0.2, 0.25) is 11.8 Å². The Kier molecular flexibility index (Phi) is 7.26. The summed E-state index contributed by atoms with van der Waals surface area (Å²) >= 11 is 1.30. The van der Waals surface area contributed by atoms with Crippen molar-refractivity contribution in [2.24, 2.45) is 0 Å². The summed E-state index contributed by atoms with van der Waals surface area (Å²) in [5.74, 6) is 0.212. The van der Waals surface area contributed by atoms with Crippen LogP contribution in [0.1, 0.15) is 41.8 Å². The van der Waals surface area contributed by atoms with E-state index in [9.17, 15) is 14.4 Å². The van der Waals surface area contributed by atoms with Crippen LogP contribution < -0.4 is 25.0 Å². The molecule has 170 valence electrons. The topological polar surface area (TPSA) is 97.0 Å². The van der Waals surface area contributed by atoms with Crippen molar-refractivity contribution in [2.45, 2.75) is 38.1 Å². The number of hydrogen-bond donors (Lipinski definition) is 2. The molecule has 0 atom stereocenters. The Bertz CT molecular complexity index is 957. The van der Waals surface area contributed by atoms with Crippen molar-refractivity contribution >= 4 is 34.7 Å². The van der Waals surface area contributed by atoms with Crippen LogP contribution in [-0.2, 0) is 9.59 Å². The highest BCUT2D eigenvalue weighted by Gasteiger charge is 2.24. The van der Waals surface area contributed by atoms with Crippen LogP contribution in [0.5, 0.6) is 11.5 Å². The molecule has 1 saturated carbocycles. The minimum Gasteiger partial charge on any atom is -0.486 e. The molecule has 1 aromatic carbocycles. The summed E-state index contributed by atoms with van der Waals surface area (Å²) in [4.78, 5) is 40.0. The van der Waals surface area contributed by atoms with E-state index in [1.54, 1.807) is 35.7 Å². The lowest BCUT2D eigenvalue weighted by atomic mass is 9.95. The molecule has 3 amide bonds. The lowest BCUT2D eigenvalue weighted by molar-refractivity contribution is -0.124. The molecule has 1 aliphatic carbocycles. The van der Waals surface area contributed by atoms with Gasteiger partial charge in [-0.3, -0.25) is 14.4 Å². The van der Waals surface area contributed by atoms with Gasteiger partial charge in [-0.05, 0) is 36.4 Å². The third kappa shape index (κ3) is 5.59. The van der Waals surface area contributed by atoms with Gasteiger partial charge in [0.25, 0.3) is 5.91 Å². The van der Waals surface area contributed by atoms with Crippen molar-refractivity contribution in [3.05, 3.63) is 40.6 Å². The summed E-state index contributed by atoms with van der Waals surface area (Å²) in [7, 11) is 0. The third-order valence-electron chi connectivity index (χ3n) is 5.56.